The van der Waals surface area contributed by atoms with Crippen LogP contribution >= 0.6 is 0 Å². The molecule has 2 aromatic carbocycles. The van der Waals surface area contributed by atoms with Crippen molar-refractivity contribution in [2.24, 2.45) is 0 Å². The molecule has 3 rings (SSSR count). The van der Waals surface area contributed by atoms with E-state index >= 15 is 0 Å². The molecular formula is C20H22F3N3O3S. The number of alkyl halides is 3. The average molecular weight is 441 g/mol. The van der Waals surface area contributed by atoms with Gasteiger partial charge >= 0.3 is 6.18 Å². The molecule has 10 heteroatoms. The summed E-state index contributed by atoms with van der Waals surface area (Å²) in [6.07, 6.45) is -3.38. The SMILES string of the molecule is CS(=O)(=O)N(CC(=O)N1CCN(c2cccc(C(F)(F)F)c2)CC1)c1ccccc1. The second-order valence-corrected chi connectivity index (χ2v) is 8.93. The van der Waals surface area contributed by atoms with Gasteiger partial charge in [-0.25, -0.2) is 8.42 Å². The number of hydrogen-bond donors (Lipinski definition) is 0. The molecule has 0 atom stereocenters. The van der Waals surface area contributed by atoms with Crippen LogP contribution in [0.1, 0.15) is 5.56 Å². The Balaban J connectivity index is 1.65. The third-order valence-electron chi connectivity index (χ3n) is 4.89. The fourth-order valence-electron chi connectivity index (χ4n) is 3.31. The first-order valence-corrected chi connectivity index (χ1v) is 11.1. The molecule has 162 valence electrons. The lowest BCUT2D eigenvalue weighted by Gasteiger charge is -2.37. The Morgan fingerprint density at radius 1 is 1.00 bits per heavy atom. The number of sulfonamides is 1. The normalized spacial score (nSPS) is 15.2. The van der Waals surface area contributed by atoms with Crippen LogP contribution in [0.25, 0.3) is 0 Å². The zero-order chi connectivity index (χ0) is 21.9. The first-order valence-electron chi connectivity index (χ1n) is 9.28. The van der Waals surface area contributed by atoms with Gasteiger partial charge in [0.2, 0.25) is 15.9 Å². The maximum atomic E-state index is 12.9. The van der Waals surface area contributed by atoms with E-state index in [-0.39, 0.29) is 12.5 Å². The second-order valence-electron chi connectivity index (χ2n) is 7.02. The third kappa shape index (κ3) is 5.24. The fraction of sp³-hybridized carbons (Fsp3) is 0.350. The Morgan fingerprint density at radius 3 is 2.20 bits per heavy atom. The van der Waals surface area contributed by atoms with Crippen molar-refractivity contribution in [2.75, 3.05) is 48.2 Å². The summed E-state index contributed by atoms with van der Waals surface area (Å²) >= 11 is 0. The maximum Gasteiger partial charge on any atom is 0.416 e. The molecule has 0 radical (unpaired) electrons. The van der Waals surface area contributed by atoms with E-state index < -0.39 is 21.8 Å². The van der Waals surface area contributed by atoms with Gasteiger partial charge in [0.05, 0.1) is 17.5 Å². The summed E-state index contributed by atoms with van der Waals surface area (Å²) in [6.45, 7) is 0.976. The standard InChI is InChI=1S/C20H22F3N3O3S/c1-30(28,29)26(17-7-3-2-4-8-17)15-19(27)25-12-10-24(11-13-25)18-9-5-6-16(14-18)20(21,22)23/h2-9,14H,10-13,15H2,1H3. The van der Waals surface area contributed by atoms with Crippen molar-refractivity contribution in [3.8, 4) is 0 Å². The second kappa shape index (κ2) is 8.55. The van der Waals surface area contributed by atoms with Gasteiger partial charge in [-0.2, -0.15) is 13.2 Å². The highest BCUT2D eigenvalue weighted by molar-refractivity contribution is 7.92. The predicted molar refractivity (Wildman–Crippen MR) is 109 cm³/mol. The van der Waals surface area contributed by atoms with Gasteiger partial charge in [0.25, 0.3) is 0 Å². The molecule has 6 nitrogen and oxygen atoms in total. The Morgan fingerprint density at radius 2 is 1.63 bits per heavy atom. The van der Waals surface area contributed by atoms with Gasteiger partial charge in [0, 0.05) is 31.9 Å². The molecule has 0 N–H and O–H groups in total. The Kier molecular flexibility index (Phi) is 6.25. The number of carbonyl (C=O) groups excluding carboxylic acids is 1. The van der Waals surface area contributed by atoms with Crippen molar-refractivity contribution >= 4 is 27.3 Å². The Hall–Kier alpha value is -2.75. The number of anilines is 2. The van der Waals surface area contributed by atoms with E-state index in [0.29, 0.717) is 37.6 Å². The summed E-state index contributed by atoms with van der Waals surface area (Å²) in [5, 5.41) is 0. The van der Waals surface area contributed by atoms with Crippen molar-refractivity contribution in [3.63, 3.8) is 0 Å². The van der Waals surface area contributed by atoms with Gasteiger partial charge in [-0.3, -0.25) is 9.10 Å². The van der Waals surface area contributed by atoms with Crippen molar-refractivity contribution in [3.05, 3.63) is 60.2 Å². The third-order valence-corrected chi connectivity index (χ3v) is 6.03. The Labute approximate surface area is 173 Å². The Bertz CT molecular complexity index is 989. The average Bonchev–Trinajstić information content (AvgIpc) is 2.71. The van der Waals surface area contributed by atoms with E-state index in [0.717, 1.165) is 22.7 Å². The lowest BCUT2D eigenvalue weighted by molar-refractivity contribution is -0.137. The molecule has 0 unspecified atom stereocenters. The summed E-state index contributed by atoms with van der Waals surface area (Å²) in [7, 11) is -3.66. The van der Waals surface area contributed by atoms with Gasteiger partial charge in [-0.15, -0.1) is 0 Å². The van der Waals surface area contributed by atoms with E-state index in [1.54, 1.807) is 41.3 Å². The highest BCUT2D eigenvalue weighted by atomic mass is 32.2. The summed E-state index contributed by atoms with van der Waals surface area (Å²) in [5.74, 6) is -0.354. The van der Waals surface area contributed by atoms with Crippen LogP contribution in [0.15, 0.2) is 54.6 Å². The monoisotopic (exact) mass is 441 g/mol. The zero-order valence-electron chi connectivity index (χ0n) is 16.3. The highest BCUT2D eigenvalue weighted by Crippen LogP contribution is 2.32. The summed E-state index contributed by atoms with van der Waals surface area (Å²) in [6, 6.07) is 13.4. The summed E-state index contributed by atoms with van der Waals surface area (Å²) < 4.78 is 64.2. The molecule has 1 saturated heterocycles. The molecule has 0 bridgehead atoms. The van der Waals surface area contributed by atoms with Gasteiger partial charge in [-0.05, 0) is 30.3 Å². The van der Waals surface area contributed by atoms with Gasteiger partial charge in [0.15, 0.2) is 0 Å². The lowest BCUT2D eigenvalue weighted by atomic mass is 10.1. The number of carbonyl (C=O) groups is 1. The van der Waals surface area contributed by atoms with Crippen molar-refractivity contribution in [2.45, 2.75) is 6.18 Å². The largest absolute Gasteiger partial charge is 0.416 e. The number of halogens is 3. The first kappa shape index (κ1) is 21.9. The topological polar surface area (TPSA) is 60.9 Å². The van der Waals surface area contributed by atoms with Crippen LogP contribution in [0, 0.1) is 0 Å². The molecule has 1 heterocycles. The van der Waals surface area contributed by atoms with Crippen LogP contribution in [0.3, 0.4) is 0 Å². The van der Waals surface area contributed by atoms with Gasteiger partial charge in [-0.1, -0.05) is 24.3 Å². The summed E-state index contributed by atoms with van der Waals surface area (Å²) in [4.78, 5) is 16.0. The smallest absolute Gasteiger partial charge is 0.368 e. The number of nitrogens with zero attached hydrogens (tertiary/aromatic N) is 3. The van der Waals surface area contributed by atoms with Crippen LogP contribution in [0.5, 0.6) is 0 Å². The van der Waals surface area contributed by atoms with Crippen LogP contribution < -0.4 is 9.21 Å². The molecule has 0 aromatic heterocycles. The quantitative estimate of drug-likeness (QED) is 0.716. The molecule has 2 aromatic rings. The first-order chi connectivity index (χ1) is 14.1. The molecule has 1 amide bonds. The number of hydrogen-bond acceptors (Lipinski definition) is 4. The van der Waals surface area contributed by atoms with Crippen molar-refractivity contribution in [1.29, 1.82) is 0 Å². The number of para-hydroxylation sites is 1. The molecule has 1 fully saturated rings. The fourth-order valence-corrected chi connectivity index (χ4v) is 4.16. The minimum atomic E-state index is -4.42. The minimum Gasteiger partial charge on any atom is -0.368 e. The molecular weight excluding hydrogens is 419 g/mol. The lowest BCUT2D eigenvalue weighted by Crippen LogP contribution is -2.52. The van der Waals surface area contributed by atoms with E-state index in [4.69, 9.17) is 0 Å². The number of amides is 1. The van der Waals surface area contributed by atoms with Crippen LogP contribution in [0.2, 0.25) is 0 Å². The zero-order valence-corrected chi connectivity index (χ0v) is 17.2. The molecule has 30 heavy (non-hydrogen) atoms. The van der Waals surface area contributed by atoms with Gasteiger partial charge < -0.3 is 9.80 Å². The predicted octanol–water partition coefficient (Wildman–Crippen LogP) is 2.82. The van der Waals surface area contributed by atoms with E-state index in [1.807, 2.05) is 0 Å². The molecule has 0 spiro atoms. The molecule has 1 aliphatic rings. The van der Waals surface area contributed by atoms with Crippen LogP contribution in [0.4, 0.5) is 24.5 Å². The van der Waals surface area contributed by atoms with Gasteiger partial charge in [0.1, 0.15) is 6.54 Å². The minimum absolute atomic E-state index is 0.293. The number of rotatable bonds is 5. The molecule has 0 aliphatic carbocycles. The van der Waals surface area contributed by atoms with E-state index in [1.165, 1.54) is 11.0 Å². The van der Waals surface area contributed by atoms with Crippen LogP contribution in [-0.4, -0.2) is 58.2 Å². The summed E-state index contributed by atoms with van der Waals surface area (Å²) in [5.41, 5.74) is 0.125. The highest BCUT2D eigenvalue weighted by Gasteiger charge is 2.31. The van der Waals surface area contributed by atoms with Crippen molar-refractivity contribution in [1.82, 2.24) is 4.90 Å². The van der Waals surface area contributed by atoms with E-state index in [9.17, 15) is 26.4 Å². The van der Waals surface area contributed by atoms with Crippen molar-refractivity contribution < 1.29 is 26.4 Å². The molecule has 1 aliphatic heterocycles. The number of benzene rings is 2. The maximum absolute atomic E-state index is 12.9. The van der Waals surface area contributed by atoms with E-state index in [2.05, 4.69) is 0 Å². The molecule has 0 saturated carbocycles. The number of piperazine rings is 1. The van der Waals surface area contributed by atoms with Crippen LogP contribution in [-0.2, 0) is 21.0 Å².